The van der Waals surface area contributed by atoms with E-state index < -0.39 is 23.8 Å². The van der Waals surface area contributed by atoms with Gasteiger partial charge in [0.05, 0.1) is 5.56 Å². The first-order chi connectivity index (χ1) is 12.9. The first kappa shape index (κ1) is 18.8. The van der Waals surface area contributed by atoms with E-state index in [0.717, 1.165) is 22.9 Å². The van der Waals surface area contributed by atoms with E-state index >= 15 is 0 Å². The molecule has 1 atom stereocenters. The molecule has 0 aliphatic rings. The van der Waals surface area contributed by atoms with E-state index in [-0.39, 0.29) is 5.69 Å². The SMILES string of the molecule is CCC(Oc1cccc2ccccc12)C(=O)Nc1cccc(C(F)(F)F)c1. The molecule has 3 nitrogen and oxygen atoms in total. The maximum atomic E-state index is 12.8. The zero-order chi connectivity index (χ0) is 19.4. The van der Waals surface area contributed by atoms with E-state index in [0.29, 0.717) is 12.2 Å². The van der Waals surface area contributed by atoms with Crippen LogP contribution in [-0.2, 0) is 11.0 Å². The molecule has 6 heteroatoms. The summed E-state index contributed by atoms with van der Waals surface area (Å²) >= 11 is 0. The minimum atomic E-state index is -4.47. The summed E-state index contributed by atoms with van der Waals surface area (Å²) in [5.74, 6) is 0.0592. The van der Waals surface area contributed by atoms with E-state index in [4.69, 9.17) is 4.74 Å². The highest BCUT2D eigenvalue weighted by Gasteiger charge is 2.30. The number of ether oxygens (including phenoxy) is 1. The van der Waals surface area contributed by atoms with Gasteiger partial charge in [0, 0.05) is 11.1 Å². The Morgan fingerprint density at radius 2 is 1.74 bits per heavy atom. The van der Waals surface area contributed by atoms with Crippen molar-refractivity contribution in [2.45, 2.75) is 25.6 Å². The van der Waals surface area contributed by atoms with Crippen LogP contribution in [0.25, 0.3) is 10.8 Å². The van der Waals surface area contributed by atoms with Gasteiger partial charge in [-0.2, -0.15) is 13.2 Å². The summed E-state index contributed by atoms with van der Waals surface area (Å²) in [5, 5.41) is 4.35. The predicted molar refractivity (Wildman–Crippen MR) is 98.7 cm³/mol. The molecule has 140 valence electrons. The number of benzene rings is 3. The molecule has 1 unspecified atom stereocenters. The second-order valence-corrected chi connectivity index (χ2v) is 6.06. The zero-order valence-corrected chi connectivity index (χ0v) is 14.6. The van der Waals surface area contributed by atoms with Crippen LogP contribution in [0.1, 0.15) is 18.9 Å². The molecular formula is C21H18F3NO2. The van der Waals surface area contributed by atoms with Crippen LogP contribution in [0.5, 0.6) is 5.75 Å². The van der Waals surface area contributed by atoms with Crippen LogP contribution in [0.2, 0.25) is 0 Å². The van der Waals surface area contributed by atoms with Crippen molar-refractivity contribution in [3.63, 3.8) is 0 Å². The van der Waals surface area contributed by atoms with Crippen molar-refractivity contribution in [3.8, 4) is 5.75 Å². The minimum Gasteiger partial charge on any atom is -0.480 e. The van der Waals surface area contributed by atoms with Gasteiger partial charge in [-0.3, -0.25) is 4.79 Å². The molecule has 0 radical (unpaired) electrons. The number of nitrogens with one attached hydrogen (secondary N) is 1. The molecule has 3 aromatic rings. The summed E-state index contributed by atoms with van der Waals surface area (Å²) in [4.78, 5) is 12.5. The summed E-state index contributed by atoms with van der Waals surface area (Å²) in [7, 11) is 0. The van der Waals surface area contributed by atoms with Gasteiger partial charge in [0.25, 0.3) is 5.91 Å². The van der Waals surface area contributed by atoms with Gasteiger partial charge in [-0.25, -0.2) is 0 Å². The highest BCUT2D eigenvalue weighted by Crippen LogP contribution is 2.31. The zero-order valence-electron chi connectivity index (χ0n) is 14.6. The fourth-order valence-corrected chi connectivity index (χ4v) is 2.77. The second-order valence-electron chi connectivity index (χ2n) is 6.06. The van der Waals surface area contributed by atoms with Crippen molar-refractivity contribution in [2.75, 3.05) is 5.32 Å². The van der Waals surface area contributed by atoms with Gasteiger partial charge in [0.1, 0.15) is 5.75 Å². The van der Waals surface area contributed by atoms with Crippen LogP contribution in [0, 0.1) is 0 Å². The maximum Gasteiger partial charge on any atom is 0.416 e. The average molecular weight is 373 g/mol. The van der Waals surface area contributed by atoms with Gasteiger partial charge in [-0.15, -0.1) is 0 Å². The van der Waals surface area contributed by atoms with Crippen molar-refractivity contribution in [2.24, 2.45) is 0 Å². The van der Waals surface area contributed by atoms with Gasteiger partial charge >= 0.3 is 6.18 Å². The molecule has 0 spiro atoms. The smallest absolute Gasteiger partial charge is 0.416 e. The number of rotatable bonds is 5. The number of alkyl halides is 3. The van der Waals surface area contributed by atoms with E-state index in [1.54, 1.807) is 13.0 Å². The highest BCUT2D eigenvalue weighted by atomic mass is 19.4. The molecule has 1 amide bonds. The quantitative estimate of drug-likeness (QED) is 0.627. The number of hydrogen-bond acceptors (Lipinski definition) is 2. The molecule has 0 saturated heterocycles. The lowest BCUT2D eigenvalue weighted by atomic mass is 10.1. The van der Waals surface area contributed by atoms with Gasteiger partial charge in [0.2, 0.25) is 0 Å². The van der Waals surface area contributed by atoms with E-state index in [2.05, 4.69) is 5.32 Å². The van der Waals surface area contributed by atoms with Crippen molar-refractivity contribution < 1.29 is 22.7 Å². The molecule has 3 rings (SSSR count). The van der Waals surface area contributed by atoms with Crippen LogP contribution in [0.4, 0.5) is 18.9 Å². The molecule has 0 heterocycles. The van der Waals surface area contributed by atoms with Crippen LogP contribution in [0.3, 0.4) is 0 Å². The van der Waals surface area contributed by atoms with E-state index in [9.17, 15) is 18.0 Å². The number of fused-ring (bicyclic) bond motifs is 1. The molecule has 0 fully saturated rings. The van der Waals surface area contributed by atoms with Crippen LogP contribution >= 0.6 is 0 Å². The van der Waals surface area contributed by atoms with Crippen molar-refractivity contribution in [3.05, 3.63) is 72.3 Å². The molecule has 27 heavy (non-hydrogen) atoms. The Morgan fingerprint density at radius 3 is 2.48 bits per heavy atom. The number of halogens is 3. The Bertz CT molecular complexity index is 948. The fraction of sp³-hybridized carbons (Fsp3) is 0.190. The summed E-state index contributed by atoms with van der Waals surface area (Å²) in [6, 6.07) is 17.7. The molecule has 1 N–H and O–H groups in total. The first-order valence-electron chi connectivity index (χ1n) is 8.51. The molecule has 0 aliphatic carbocycles. The summed E-state index contributed by atoms with van der Waals surface area (Å²) in [6.07, 6.45) is -4.93. The Kier molecular flexibility index (Phi) is 5.35. The summed E-state index contributed by atoms with van der Waals surface area (Å²) in [6.45, 7) is 1.78. The Balaban J connectivity index is 1.79. The van der Waals surface area contributed by atoms with Crippen molar-refractivity contribution in [1.82, 2.24) is 0 Å². The lowest BCUT2D eigenvalue weighted by molar-refractivity contribution is -0.137. The molecule has 3 aromatic carbocycles. The molecule has 0 aromatic heterocycles. The summed E-state index contributed by atoms with van der Waals surface area (Å²) in [5.41, 5.74) is -0.738. The fourth-order valence-electron chi connectivity index (χ4n) is 2.77. The Morgan fingerprint density at radius 1 is 1.04 bits per heavy atom. The van der Waals surface area contributed by atoms with E-state index in [1.165, 1.54) is 12.1 Å². The second kappa shape index (κ2) is 7.70. The lowest BCUT2D eigenvalue weighted by Gasteiger charge is -2.19. The largest absolute Gasteiger partial charge is 0.480 e. The third kappa shape index (κ3) is 4.39. The molecule has 0 saturated carbocycles. The molecular weight excluding hydrogens is 355 g/mol. The van der Waals surface area contributed by atoms with Gasteiger partial charge in [-0.05, 0) is 36.1 Å². The normalized spacial score (nSPS) is 12.6. The number of anilines is 1. The Hall–Kier alpha value is -3.02. The van der Waals surface area contributed by atoms with Gasteiger partial charge in [0.15, 0.2) is 6.10 Å². The third-order valence-corrected chi connectivity index (χ3v) is 4.14. The maximum absolute atomic E-state index is 12.8. The van der Waals surface area contributed by atoms with E-state index in [1.807, 2.05) is 36.4 Å². The number of amides is 1. The standard InChI is InChI=1S/C21H18F3NO2/c1-2-18(27-19-12-5-8-14-7-3-4-11-17(14)19)20(26)25-16-10-6-9-15(13-16)21(22,23)24/h3-13,18H,2H2,1H3,(H,25,26). The van der Waals surface area contributed by atoms with Crippen LogP contribution in [-0.4, -0.2) is 12.0 Å². The monoisotopic (exact) mass is 373 g/mol. The minimum absolute atomic E-state index is 0.0785. The van der Waals surface area contributed by atoms with Crippen LogP contribution in [0.15, 0.2) is 66.7 Å². The predicted octanol–water partition coefficient (Wildman–Crippen LogP) is 5.65. The lowest BCUT2D eigenvalue weighted by Crippen LogP contribution is -2.32. The number of carbonyl (C=O) groups is 1. The topological polar surface area (TPSA) is 38.3 Å². The third-order valence-electron chi connectivity index (χ3n) is 4.14. The van der Waals surface area contributed by atoms with Crippen molar-refractivity contribution in [1.29, 1.82) is 0 Å². The van der Waals surface area contributed by atoms with Crippen molar-refractivity contribution >= 4 is 22.4 Å². The molecule has 0 bridgehead atoms. The molecule has 0 aliphatic heterocycles. The van der Waals surface area contributed by atoms with Crippen LogP contribution < -0.4 is 10.1 Å². The highest BCUT2D eigenvalue weighted by molar-refractivity contribution is 5.95. The van der Waals surface area contributed by atoms with Gasteiger partial charge < -0.3 is 10.1 Å². The number of carbonyl (C=O) groups excluding carboxylic acids is 1. The number of hydrogen-bond donors (Lipinski definition) is 1. The first-order valence-corrected chi connectivity index (χ1v) is 8.51. The average Bonchev–Trinajstić information content (AvgIpc) is 2.65. The van der Waals surface area contributed by atoms with Gasteiger partial charge in [-0.1, -0.05) is 49.4 Å². The summed E-state index contributed by atoms with van der Waals surface area (Å²) < 4.78 is 44.4. The Labute approximate surface area is 154 Å².